The number of nitrogens with one attached hydrogen (secondary N) is 1. The van der Waals surface area contributed by atoms with Crippen molar-refractivity contribution in [3.63, 3.8) is 0 Å². The molecule has 154 valence electrons. The Balaban J connectivity index is 1.47. The van der Waals surface area contributed by atoms with Crippen LogP contribution in [0.15, 0.2) is 52.4 Å². The van der Waals surface area contributed by atoms with E-state index in [4.69, 9.17) is 5.14 Å². The zero-order chi connectivity index (χ0) is 21.5. The molecule has 7 nitrogen and oxygen atoms in total. The van der Waals surface area contributed by atoms with E-state index < -0.39 is 10.0 Å². The van der Waals surface area contributed by atoms with Crippen molar-refractivity contribution in [3.05, 3.63) is 53.6 Å². The molecule has 30 heavy (non-hydrogen) atoms. The third kappa shape index (κ3) is 4.31. The van der Waals surface area contributed by atoms with Gasteiger partial charge in [-0.3, -0.25) is 4.79 Å². The van der Waals surface area contributed by atoms with E-state index in [1.807, 2.05) is 38.1 Å². The second-order valence-corrected chi connectivity index (χ2v) is 10.4. The predicted molar refractivity (Wildman–Crippen MR) is 122 cm³/mol. The van der Waals surface area contributed by atoms with Crippen LogP contribution in [0.2, 0.25) is 0 Å². The Morgan fingerprint density at radius 3 is 2.70 bits per heavy atom. The number of carbonyl (C=O) groups is 1. The molecular weight excluding hydrogens is 440 g/mol. The van der Waals surface area contributed by atoms with E-state index in [-0.39, 0.29) is 16.6 Å². The third-order valence-electron chi connectivity index (χ3n) is 4.51. The molecule has 0 unspecified atom stereocenters. The minimum Gasteiger partial charge on any atom is -0.301 e. The summed E-state index contributed by atoms with van der Waals surface area (Å²) in [5.74, 6) is -0.0302. The number of amides is 1. The van der Waals surface area contributed by atoms with Crippen molar-refractivity contribution in [1.82, 2.24) is 9.97 Å². The first kappa shape index (κ1) is 20.7. The predicted octanol–water partition coefficient (Wildman–Crippen LogP) is 3.84. The van der Waals surface area contributed by atoms with Crippen LogP contribution in [0.25, 0.3) is 21.1 Å². The maximum Gasteiger partial charge on any atom is 0.238 e. The molecule has 0 aliphatic rings. The van der Waals surface area contributed by atoms with Gasteiger partial charge in [0.25, 0.3) is 0 Å². The van der Waals surface area contributed by atoms with Crippen molar-refractivity contribution >= 4 is 65.3 Å². The highest BCUT2D eigenvalue weighted by Crippen LogP contribution is 2.29. The highest BCUT2D eigenvalue weighted by atomic mass is 32.2. The first-order valence-corrected chi connectivity index (χ1v) is 12.3. The monoisotopic (exact) mass is 458 g/mol. The molecule has 0 fully saturated rings. The van der Waals surface area contributed by atoms with Gasteiger partial charge in [0, 0.05) is 5.39 Å². The van der Waals surface area contributed by atoms with Crippen molar-refractivity contribution in [3.8, 4) is 0 Å². The number of fused-ring (bicyclic) bond motifs is 2. The average Bonchev–Trinajstić information content (AvgIpc) is 3.08. The highest BCUT2D eigenvalue weighted by Gasteiger charge is 2.13. The molecule has 4 rings (SSSR count). The summed E-state index contributed by atoms with van der Waals surface area (Å²) < 4.78 is 23.6. The van der Waals surface area contributed by atoms with Crippen LogP contribution < -0.4 is 10.5 Å². The summed E-state index contributed by atoms with van der Waals surface area (Å²) in [6.45, 7) is 4.05. The van der Waals surface area contributed by atoms with Gasteiger partial charge in [-0.1, -0.05) is 41.3 Å². The summed E-state index contributed by atoms with van der Waals surface area (Å²) in [7, 11) is -3.79. The number of anilines is 1. The van der Waals surface area contributed by atoms with E-state index in [0.717, 1.165) is 27.1 Å². The van der Waals surface area contributed by atoms with Crippen LogP contribution in [-0.4, -0.2) is 30.0 Å². The number of rotatable bonds is 5. The second kappa shape index (κ2) is 7.95. The lowest BCUT2D eigenvalue weighted by Crippen LogP contribution is -2.13. The molecule has 0 aliphatic heterocycles. The van der Waals surface area contributed by atoms with Crippen molar-refractivity contribution in [2.24, 2.45) is 5.14 Å². The van der Waals surface area contributed by atoms with Crippen LogP contribution in [0.4, 0.5) is 5.13 Å². The van der Waals surface area contributed by atoms with Crippen LogP contribution in [0, 0.1) is 13.8 Å². The Morgan fingerprint density at radius 1 is 1.13 bits per heavy atom. The number of primary sulfonamides is 1. The molecule has 0 saturated heterocycles. The fraction of sp³-hybridized carbons (Fsp3) is 0.150. The number of pyridine rings is 1. The first-order valence-electron chi connectivity index (χ1n) is 8.94. The number of thioether (sulfide) groups is 1. The fourth-order valence-corrected chi connectivity index (χ4v) is 5.34. The number of benzene rings is 2. The molecule has 4 aromatic rings. The van der Waals surface area contributed by atoms with Crippen LogP contribution >= 0.6 is 23.1 Å². The number of hydrogen-bond acceptors (Lipinski definition) is 7. The van der Waals surface area contributed by atoms with E-state index >= 15 is 0 Å². The molecule has 0 aliphatic carbocycles. The Morgan fingerprint density at radius 2 is 1.93 bits per heavy atom. The van der Waals surface area contributed by atoms with Crippen molar-refractivity contribution in [2.45, 2.75) is 23.8 Å². The smallest absolute Gasteiger partial charge is 0.238 e. The lowest BCUT2D eigenvalue weighted by Gasteiger charge is -2.08. The Hall–Kier alpha value is -2.53. The van der Waals surface area contributed by atoms with Gasteiger partial charge in [-0.05, 0) is 49.2 Å². The number of aromatic nitrogens is 2. The SMILES string of the molecule is Cc1cc(SCC(=O)Nc2nc3ccc(S(N)(=O)=O)cc3s2)nc2c(C)cccc12. The summed E-state index contributed by atoms with van der Waals surface area (Å²) >= 11 is 2.55. The van der Waals surface area contributed by atoms with Gasteiger partial charge >= 0.3 is 0 Å². The summed E-state index contributed by atoms with van der Waals surface area (Å²) in [6.07, 6.45) is 0. The van der Waals surface area contributed by atoms with Gasteiger partial charge in [0.1, 0.15) is 0 Å². The number of thiazole rings is 1. The van der Waals surface area contributed by atoms with E-state index in [2.05, 4.69) is 15.3 Å². The van der Waals surface area contributed by atoms with Gasteiger partial charge in [0.15, 0.2) is 5.13 Å². The number of nitrogens with zero attached hydrogens (tertiary/aromatic N) is 2. The van der Waals surface area contributed by atoms with Crippen LogP contribution in [0.5, 0.6) is 0 Å². The number of carbonyl (C=O) groups excluding carboxylic acids is 1. The molecule has 0 saturated carbocycles. The molecule has 2 aromatic carbocycles. The zero-order valence-electron chi connectivity index (χ0n) is 16.2. The Labute approximate surface area is 181 Å². The molecule has 2 aromatic heterocycles. The minimum atomic E-state index is -3.79. The van der Waals surface area contributed by atoms with Gasteiger partial charge in [-0.25, -0.2) is 23.5 Å². The average molecular weight is 459 g/mol. The lowest BCUT2D eigenvalue weighted by atomic mass is 10.1. The van der Waals surface area contributed by atoms with E-state index in [0.29, 0.717) is 15.3 Å². The van der Waals surface area contributed by atoms with E-state index in [1.54, 1.807) is 6.07 Å². The van der Waals surface area contributed by atoms with Gasteiger partial charge in [-0.2, -0.15) is 0 Å². The standard InChI is InChI=1S/C20H18N4O3S3/c1-11-4-3-5-14-12(2)8-18(24-19(11)14)28-10-17(25)23-20-22-15-7-6-13(30(21,26)27)9-16(15)29-20/h3-9H,10H2,1-2H3,(H2,21,26,27)(H,22,23,25). The maximum absolute atomic E-state index is 12.4. The number of hydrogen-bond donors (Lipinski definition) is 2. The van der Waals surface area contributed by atoms with Crippen molar-refractivity contribution in [1.29, 1.82) is 0 Å². The fourth-order valence-electron chi connectivity index (χ4n) is 3.04. The minimum absolute atomic E-state index is 0.0140. The zero-order valence-corrected chi connectivity index (χ0v) is 18.6. The molecule has 10 heteroatoms. The Bertz CT molecular complexity index is 1400. The van der Waals surface area contributed by atoms with Gasteiger partial charge in [0.05, 0.1) is 31.4 Å². The second-order valence-electron chi connectivity index (χ2n) is 6.78. The maximum atomic E-state index is 12.4. The lowest BCUT2D eigenvalue weighted by molar-refractivity contribution is -0.113. The third-order valence-corrected chi connectivity index (χ3v) is 7.27. The van der Waals surface area contributed by atoms with E-state index in [1.165, 1.54) is 35.2 Å². The van der Waals surface area contributed by atoms with Gasteiger partial charge in [0.2, 0.25) is 15.9 Å². The van der Waals surface area contributed by atoms with Crippen molar-refractivity contribution in [2.75, 3.05) is 11.1 Å². The number of sulfonamides is 1. The van der Waals surface area contributed by atoms with Crippen LogP contribution in [-0.2, 0) is 14.8 Å². The summed E-state index contributed by atoms with van der Waals surface area (Å²) in [6, 6.07) is 12.5. The molecule has 0 radical (unpaired) electrons. The highest BCUT2D eigenvalue weighted by molar-refractivity contribution is 7.99. The quantitative estimate of drug-likeness (QED) is 0.439. The van der Waals surface area contributed by atoms with Gasteiger partial charge in [-0.15, -0.1) is 0 Å². The van der Waals surface area contributed by atoms with Crippen molar-refractivity contribution < 1.29 is 13.2 Å². The summed E-state index contributed by atoms with van der Waals surface area (Å²) in [4.78, 5) is 21.4. The Kier molecular flexibility index (Phi) is 5.49. The normalized spacial score (nSPS) is 11.8. The summed E-state index contributed by atoms with van der Waals surface area (Å²) in [5, 5.41) is 10.2. The molecular formula is C20H18N4O3S3. The van der Waals surface area contributed by atoms with Gasteiger partial charge < -0.3 is 5.32 Å². The molecule has 3 N–H and O–H groups in total. The van der Waals surface area contributed by atoms with Crippen LogP contribution in [0.1, 0.15) is 11.1 Å². The molecule has 0 atom stereocenters. The number of para-hydroxylation sites is 1. The topological polar surface area (TPSA) is 115 Å². The molecule has 2 heterocycles. The molecule has 1 amide bonds. The number of aryl methyl sites for hydroxylation is 2. The van der Waals surface area contributed by atoms with E-state index in [9.17, 15) is 13.2 Å². The summed E-state index contributed by atoms with van der Waals surface area (Å²) in [5.41, 5.74) is 3.74. The molecule has 0 bridgehead atoms. The molecule has 0 spiro atoms. The first-order chi connectivity index (χ1) is 14.2. The largest absolute Gasteiger partial charge is 0.301 e. The van der Waals surface area contributed by atoms with Crippen LogP contribution in [0.3, 0.4) is 0 Å². The number of nitrogens with two attached hydrogens (primary N) is 1.